The maximum atomic E-state index is 3.56. The second-order valence-corrected chi connectivity index (χ2v) is 5.45. The quantitative estimate of drug-likeness (QED) is 0.680. The molecule has 0 atom stereocenters. The van der Waals surface area contributed by atoms with Crippen LogP contribution in [0.25, 0.3) is 0 Å². The summed E-state index contributed by atoms with van der Waals surface area (Å²) in [6.07, 6.45) is 8.28. The van der Waals surface area contributed by atoms with E-state index in [4.69, 9.17) is 0 Å². The summed E-state index contributed by atoms with van der Waals surface area (Å²) in [6.45, 7) is 5.42. The molecule has 0 aromatic heterocycles. The number of para-hydroxylation sites is 1. The zero-order valence-corrected chi connectivity index (χ0v) is 11.3. The van der Waals surface area contributed by atoms with Crippen molar-refractivity contribution >= 4 is 5.69 Å². The summed E-state index contributed by atoms with van der Waals surface area (Å²) in [5, 5.41) is 3.56. The lowest BCUT2D eigenvalue weighted by Crippen LogP contribution is -2.30. The lowest BCUT2D eigenvalue weighted by Gasteiger charge is -2.33. The number of hydrogen-bond donors (Lipinski definition) is 1. The minimum Gasteiger partial charge on any atom is -0.384 e. The molecule has 1 aromatic carbocycles. The Labute approximate surface area is 106 Å². The van der Waals surface area contributed by atoms with Crippen molar-refractivity contribution in [2.24, 2.45) is 0 Å². The molecule has 1 aliphatic carbocycles. The van der Waals surface area contributed by atoms with Crippen molar-refractivity contribution in [3.63, 3.8) is 0 Å². The van der Waals surface area contributed by atoms with Crippen molar-refractivity contribution in [3.05, 3.63) is 29.8 Å². The molecular formula is C16H25N. The maximum absolute atomic E-state index is 3.56. The van der Waals surface area contributed by atoms with Gasteiger partial charge in [0, 0.05) is 17.6 Å². The third-order valence-corrected chi connectivity index (χ3v) is 3.93. The second kappa shape index (κ2) is 5.57. The molecule has 1 spiro atoms. The van der Waals surface area contributed by atoms with Gasteiger partial charge in [0.25, 0.3) is 0 Å². The summed E-state index contributed by atoms with van der Waals surface area (Å²) >= 11 is 0. The molecule has 1 saturated carbocycles. The van der Waals surface area contributed by atoms with Crippen LogP contribution in [0.2, 0.25) is 0 Å². The van der Waals surface area contributed by atoms with E-state index in [0.29, 0.717) is 5.41 Å². The lowest BCUT2D eigenvalue weighted by molar-refractivity contribution is 0.319. The molecule has 1 N–H and O–H groups in total. The molecule has 1 fully saturated rings. The Morgan fingerprint density at radius 1 is 1.06 bits per heavy atom. The molecule has 2 aliphatic rings. The van der Waals surface area contributed by atoms with Gasteiger partial charge in [0.1, 0.15) is 0 Å². The summed E-state index contributed by atoms with van der Waals surface area (Å²) in [6, 6.07) is 8.86. The highest BCUT2D eigenvalue weighted by molar-refractivity contribution is 5.60. The van der Waals surface area contributed by atoms with E-state index in [9.17, 15) is 0 Å². The summed E-state index contributed by atoms with van der Waals surface area (Å²) in [5.74, 6) is 0. The molecule has 1 heterocycles. The van der Waals surface area contributed by atoms with E-state index in [1.54, 1.807) is 5.56 Å². The van der Waals surface area contributed by atoms with Crippen molar-refractivity contribution in [3.8, 4) is 0 Å². The molecule has 1 heteroatoms. The van der Waals surface area contributed by atoms with Crippen molar-refractivity contribution in [2.75, 3.05) is 11.9 Å². The molecular weight excluding hydrogens is 206 g/mol. The number of benzene rings is 1. The van der Waals surface area contributed by atoms with Crippen molar-refractivity contribution < 1.29 is 0 Å². The van der Waals surface area contributed by atoms with Gasteiger partial charge in [-0.1, -0.05) is 57.7 Å². The molecule has 0 bridgehead atoms. The Morgan fingerprint density at radius 2 is 1.71 bits per heavy atom. The largest absolute Gasteiger partial charge is 0.384 e. The number of nitrogens with one attached hydrogen (secondary N) is 1. The fourth-order valence-corrected chi connectivity index (χ4v) is 3.13. The molecule has 1 aliphatic heterocycles. The number of rotatable bonds is 0. The van der Waals surface area contributed by atoms with E-state index in [2.05, 4.69) is 43.4 Å². The van der Waals surface area contributed by atoms with Crippen LogP contribution in [0.5, 0.6) is 0 Å². The Hall–Kier alpha value is -0.980. The molecule has 0 unspecified atom stereocenters. The highest BCUT2D eigenvalue weighted by Gasteiger charge is 2.39. The van der Waals surface area contributed by atoms with E-state index in [1.807, 2.05) is 0 Å². The first-order chi connectivity index (χ1) is 8.32. The van der Waals surface area contributed by atoms with Gasteiger partial charge in [0.05, 0.1) is 0 Å². The number of fused-ring (bicyclic) bond motifs is 2. The zero-order valence-electron chi connectivity index (χ0n) is 11.3. The molecule has 3 rings (SSSR count). The number of hydrogen-bond acceptors (Lipinski definition) is 1. The maximum Gasteiger partial charge on any atom is 0.0379 e. The van der Waals surface area contributed by atoms with Gasteiger partial charge in [0.15, 0.2) is 0 Å². The van der Waals surface area contributed by atoms with Crippen LogP contribution in [0.1, 0.15) is 57.9 Å². The third-order valence-electron chi connectivity index (χ3n) is 3.93. The molecule has 0 saturated heterocycles. The van der Waals surface area contributed by atoms with Gasteiger partial charge >= 0.3 is 0 Å². The Balaban J connectivity index is 0.000000329. The van der Waals surface area contributed by atoms with Gasteiger partial charge in [-0.05, 0) is 24.5 Å². The highest BCUT2D eigenvalue weighted by atomic mass is 14.9. The zero-order chi connectivity index (χ0) is 12.1. The van der Waals surface area contributed by atoms with Gasteiger partial charge in [-0.25, -0.2) is 0 Å². The van der Waals surface area contributed by atoms with Crippen molar-refractivity contribution in [2.45, 2.75) is 57.8 Å². The average molecular weight is 231 g/mol. The smallest absolute Gasteiger partial charge is 0.0379 e. The van der Waals surface area contributed by atoms with E-state index in [0.717, 1.165) is 0 Å². The van der Waals surface area contributed by atoms with Crippen LogP contribution in [0, 0.1) is 0 Å². The Morgan fingerprint density at radius 3 is 2.41 bits per heavy atom. The minimum atomic E-state index is 0.495. The topological polar surface area (TPSA) is 12.0 Å². The first-order valence-corrected chi connectivity index (χ1v) is 7.16. The first kappa shape index (κ1) is 12.5. The van der Waals surface area contributed by atoms with Crippen LogP contribution in [-0.4, -0.2) is 6.54 Å². The van der Waals surface area contributed by atoms with E-state index >= 15 is 0 Å². The van der Waals surface area contributed by atoms with Crippen LogP contribution in [0.4, 0.5) is 5.69 Å². The van der Waals surface area contributed by atoms with Gasteiger partial charge < -0.3 is 5.32 Å². The lowest BCUT2D eigenvalue weighted by atomic mass is 9.71. The third kappa shape index (κ3) is 2.48. The second-order valence-electron chi connectivity index (χ2n) is 5.45. The van der Waals surface area contributed by atoms with E-state index in [-0.39, 0.29) is 0 Å². The molecule has 0 radical (unpaired) electrons. The monoisotopic (exact) mass is 231 g/mol. The van der Waals surface area contributed by atoms with Gasteiger partial charge in [-0.3, -0.25) is 0 Å². The average Bonchev–Trinajstić information content (AvgIpc) is 2.71. The number of anilines is 1. The van der Waals surface area contributed by atoms with Crippen LogP contribution in [0.3, 0.4) is 0 Å². The van der Waals surface area contributed by atoms with Crippen LogP contribution in [-0.2, 0) is 5.41 Å². The highest BCUT2D eigenvalue weighted by Crippen LogP contribution is 2.46. The fourth-order valence-electron chi connectivity index (χ4n) is 3.13. The predicted octanol–water partition coefficient (Wildman–Crippen LogP) is 4.73. The molecule has 17 heavy (non-hydrogen) atoms. The van der Waals surface area contributed by atoms with Crippen molar-refractivity contribution in [1.82, 2.24) is 0 Å². The van der Waals surface area contributed by atoms with Gasteiger partial charge in [-0.2, -0.15) is 0 Å². The van der Waals surface area contributed by atoms with Crippen LogP contribution in [0.15, 0.2) is 24.3 Å². The summed E-state index contributed by atoms with van der Waals surface area (Å²) in [4.78, 5) is 0. The van der Waals surface area contributed by atoms with Crippen LogP contribution >= 0.6 is 0 Å². The van der Waals surface area contributed by atoms with E-state index in [1.165, 1.54) is 50.8 Å². The SMILES string of the molecule is CCC.c1ccc2c(c1)NCC21CCCCC1. The summed E-state index contributed by atoms with van der Waals surface area (Å²) in [5.41, 5.74) is 3.46. The van der Waals surface area contributed by atoms with Gasteiger partial charge in [0.2, 0.25) is 0 Å². The summed E-state index contributed by atoms with van der Waals surface area (Å²) < 4.78 is 0. The molecule has 0 amide bonds. The Kier molecular flexibility index (Phi) is 4.09. The molecule has 94 valence electrons. The van der Waals surface area contributed by atoms with Gasteiger partial charge in [-0.15, -0.1) is 0 Å². The molecule has 1 aromatic rings. The predicted molar refractivity (Wildman–Crippen MR) is 75.7 cm³/mol. The summed E-state index contributed by atoms with van der Waals surface area (Å²) in [7, 11) is 0. The van der Waals surface area contributed by atoms with Crippen LogP contribution < -0.4 is 5.32 Å². The fraction of sp³-hybridized carbons (Fsp3) is 0.625. The molecule has 1 nitrogen and oxygen atoms in total. The Bertz CT molecular complexity index is 345. The van der Waals surface area contributed by atoms with E-state index < -0.39 is 0 Å². The standard InChI is InChI=1S/C13H17N.C3H8/c1-4-8-13(9-5-1)10-14-12-7-3-2-6-11(12)13;1-3-2/h2-3,6-7,14H,1,4-5,8-10H2;3H2,1-2H3. The first-order valence-electron chi connectivity index (χ1n) is 7.16. The minimum absolute atomic E-state index is 0.495. The van der Waals surface area contributed by atoms with Crippen molar-refractivity contribution in [1.29, 1.82) is 0 Å². The normalized spacial score (nSPS) is 20.1.